The third kappa shape index (κ3) is 3.35. The van der Waals surface area contributed by atoms with E-state index in [1.807, 2.05) is 13.0 Å². The molecule has 0 saturated heterocycles. The largest absolute Gasteiger partial charge is 0.394 e. The van der Waals surface area contributed by atoms with Crippen LogP contribution in [0.25, 0.3) is 0 Å². The predicted octanol–water partition coefficient (Wildman–Crippen LogP) is 0.0332. The number of nitriles is 1. The fourth-order valence-corrected chi connectivity index (χ4v) is 0.662. The number of nitrogens with zero attached hydrogens (tertiary/aromatic N) is 1. The molecule has 4 nitrogen and oxygen atoms in total. The molecule has 2 atom stereocenters. The Balaban J connectivity index is 3.91. The van der Waals surface area contributed by atoms with Crippen molar-refractivity contribution < 1.29 is 9.90 Å². The highest BCUT2D eigenvalue weighted by atomic mass is 16.3. The smallest absolute Gasteiger partial charge is 0.237 e. The Labute approximate surface area is 72.2 Å². The predicted molar refractivity (Wildman–Crippen MR) is 44.1 cm³/mol. The Bertz CT molecular complexity index is 182. The van der Waals surface area contributed by atoms with Gasteiger partial charge in [0.2, 0.25) is 5.91 Å². The Morgan fingerprint density at radius 2 is 2.33 bits per heavy atom. The Hall–Kier alpha value is -1.08. The fourth-order valence-electron chi connectivity index (χ4n) is 0.662. The molecule has 0 radical (unpaired) electrons. The Morgan fingerprint density at radius 1 is 1.75 bits per heavy atom. The first-order valence-corrected chi connectivity index (χ1v) is 3.96. The van der Waals surface area contributed by atoms with Gasteiger partial charge in [-0.3, -0.25) is 4.79 Å². The summed E-state index contributed by atoms with van der Waals surface area (Å²) in [7, 11) is 0. The summed E-state index contributed by atoms with van der Waals surface area (Å²) < 4.78 is 0. The molecule has 0 rings (SSSR count). The number of hydrogen-bond acceptors (Lipinski definition) is 3. The van der Waals surface area contributed by atoms with Crippen LogP contribution < -0.4 is 5.32 Å². The van der Waals surface area contributed by atoms with Gasteiger partial charge in [-0.15, -0.1) is 0 Å². The standard InChI is InChI=1S/C8H14N2O2/c1-3-7(5-11)10-8(12)6(2)4-9/h6-7,11H,3,5H2,1-2H3,(H,10,12)/t6?,7-/m0/s1. The first-order chi connectivity index (χ1) is 5.65. The van der Waals surface area contributed by atoms with Crippen molar-refractivity contribution in [1.82, 2.24) is 5.32 Å². The second kappa shape index (κ2) is 5.56. The lowest BCUT2D eigenvalue weighted by atomic mass is 10.1. The number of nitrogens with one attached hydrogen (secondary N) is 1. The molecule has 0 aliphatic rings. The molecular formula is C8H14N2O2. The van der Waals surface area contributed by atoms with Crippen molar-refractivity contribution in [3.63, 3.8) is 0 Å². The maximum Gasteiger partial charge on any atom is 0.237 e. The molecule has 0 saturated carbocycles. The zero-order chi connectivity index (χ0) is 9.56. The van der Waals surface area contributed by atoms with E-state index in [1.165, 1.54) is 6.92 Å². The number of amides is 1. The van der Waals surface area contributed by atoms with Gasteiger partial charge in [0.05, 0.1) is 18.7 Å². The Kier molecular flexibility index (Phi) is 5.06. The lowest BCUT2D eigenvalue weighted by Crippen LogP contribution is -2.39. The third-order valence-corrected chi connectivity index (χ3v) is 1.65. The Morgan fingerprint density at radius 3 is 2.67 bits per heavy atom. The zero-order valence-electron chi connectivity index (χ0n) is 7.37. The topological polar surface area (TPSA) is 73.1 Å². The summed E-state index contributed by atoms with van der Waals surface area (Å²) in [6, 6.07) is 1.60. The van der Waals surface area contributed by atoms with E-state index in [2.05, 4.69) is 5.32 Å². The molecule has 1 unspecified atom stereocenters. The second-order valence-electron chi connectivity index (χ2n) is 2.65. The summed E-state index contributed by atoms with van der Waals surface area (Å²) >= 11 is 0. The molecule has 1 amide bonds. The van der Waals surface area contributed by atoms with E-state index < -0.39 is 5.92 Å². The van der Waals surface area contributed by atoms with Crippen molar-refractivity contribution in [3.8, 4) is 6.07 Å². The molecule has 0 heterocycles. The average molecular weight is 170 g/mol. The summed E-state index contributed by atoms with van der Waals surface area (Å²) in [6.45, 7) is 3.30. The van der Waals surface area contributed by atoms with Crippen LogP contribution in [-0.4, -0.2) is 23.7 Å². The monoisotopic (exact) mass is 170 g/mol. The summed E-state index contributed by atoms with van der Waals surface area (Å²) in [6.07, 6.45) is 0.667. The average Bonchev–Trinajstić information content (AvgIpc) is 2.12. The highest BCUT2D eigenvalue weighted by Crippen LogP contribution is 1.95. The molecule has 68 valence electrons. The van der Waals surface area contributed by atoms with Crippen LogP contribution in [0.5, 0.6) is 0 Å². The first kappa shape index (κ1) is 10.9. The number of aliphatic hydroxyl groups excluding tert-OH is 1. The summed E-state index contributed by atoms with van der Waals surface area (Å²) in [5.74, 6) is -0.969. The molecule has 0 spiro atoms. The molecule has 0 fully saturated rings. The van der Waals surface area contributed by atoms with Crippen LogP contribution in [0, 0.1) is 17.2 Å². The lowest BCUT2D eigenvalue weighted by Gasteiger charge is -2.14. The fraction of sp³-hybridized carbons (Fsp3) is 0.750. The normalized spacial score (nSPS) is 14.5. The van der Waals surface area contributed by atoms with Gasteiger partial charge < -0.3 is 10.4 Å². The van der Waals surface area contributed by atoms with Gasteiger partial charge >= 0.3 is 0 Å². The zero-order valence-corrected chi connectivity index (χ0v) is 7.37. The molecule has 0 aromatic carbocycles. The van der Waals surface area contributed by atoms with Gasteiger partial charge in [-0.2, -0.15) is 5.26 Å². The summed E-state index contributed by atoms with van der Waals surface area (Å²) in [5, 5.41) is 19.7. The van der Waals surface area contributed by atoms with Crippen LogP contribution >= 0.6 is 0 Å². The van der Waals surface area contributed by atoms with Gasteiger partial charge in [0.15, 0.2) is 0 Å². The summed E-state index contributed by atoms with van der Waals surface area (Å²) in [5.41, 5.74) is 0. The van der Waals surface area contributed by atoms with Gasteiger partial charge in [0.25, 0.3) is 0 Å². The van der Waals surface area contributed by atoms with Crippen molar-refractivity contribution in [3.05, 3.63) is 0 Å². The molecule has 4 heteroatoms. The van der Waals surface area contributed by atoms with Crippen molar-refractivity contribution >= 4 is 5.91 Å². The molecule has 0 bridgehead atoms. The van der Waals surface area contributed by atoms with E-state index in [0.717, 1.165) is 0 Å². The van der Waals surface area contributed by atoms with Gasteiger partial charge in [-0.25, -0.2) is 0 Å². The van der Waals surface area contributed by atoms with Crippen molar-refractivity contribution in [1.29, 1.82) is 5.26 Å². The van der Waals surface area contributed by atoms with Crippen LogP contribution in [-0.2, 0) is 4.79 Å². The van der Waals surface area contributed by atoms with E-state index in [4.69, 9.17) is 10.4 Å². The minimum Gasteiger partial charge on any atom is -0.394 e. The molecule has 0 aromatic rings. The van der Waals surface area contributed by atoms with Crippen LogP contribution in [0.2, 0.25) is 0 Å². The molecule has 0 aliphatic heterocycles. The van der Waals surface area contributed by atoms with Gasteiger partial charge in [0, 0.05) is 0 Å². The van der Waals surface area contributed by atoms with E-state index in [0.29, 0.717) is 6.42 Å². The second-order valence-corrected chi connectivity index (χ2v) is 2.65. The van der Waals surface area contributed by atoms with Crippen molar-refractivity contribution in [2.75, 3.05) is 6.61 Å². The third-order valence-electron chi connectivity index (χ3n) is 1.65. The van der Waals surface area contributed by atoms with Crippen LogP contribution in [0.15, 0.2) is 0 Å². The van der Waals surface area contributed by atoms with E-state index in [1.54, 1.807) is 0 Å². The molecule has 2 N–H and O–H groups in total. The van der Waals surface area contributed by atoms with E-state index >= 15 is 0 Å². The maximum atomic E-state index is 11.1. The van der Waals surface area contributed by atoms with Crippen LogP contribution in [0.1, 0.15) is 20.3 Å². The van der Waals surface area contributed by atoms with Crippen LogP contribution in [0.4, 0.5) is 0 Å². The van der Waals surface area contributed by atoms with Gasteiger partial charge in [-0.05, 0) is 13.3 Å². The highest BCUT2D eigenvalue weighted by Gasteiger charge is 2.14. The number of hydrogen-bond donors (Lipinski definition) is 2. The van der Waals surface area contributed by atoms with E-state index in [-0.39, 0.29) is 18.6 Å². The van der Waals surface area contributed by atoms with Gasteiger partial charge in [-0.1, -0.05) is 6.92 Å². The molecule has 0 aromatic heterocycles. The first-order valence-electron chi connectivity index (χ1n) is 3.96. The lowest BCUT2D eigenvalue weighted by molar-refractivity contribution is -0.124. The molecular weight excluding hydrogens is 156 g/mol. The maximum absolute atomic E-state index is 11.1. The molecule has 0 aliphatic carbocycles. The molecule has 12 heavy (non-hydrogen) atoms. The van der Waals surface area contributed by atoms with Crippen molar-refractivity contribution in [2.24, 2.45) is 5.92 Å². The number of carbonyl (C=O) groups excluding carboxylic acids is 1. The number of rotatable bonds is 4. The van der Waals surface area contributed by atoms with Crippen molar-refractivity contribution in [2.45, 2.75) is 26.3 Å². The van der Waals surface area contributed by atoms with Gasteiger partial charge in [0.1, 0.15) is 5.92 Å². The number of carbonyl (C=O) groups is 1. The van der Waals surface area contributed by atoms with Crippen LogP contribution in [0.3, 0.4) is 0 Å². The SMILES string of the molecule is CC[C@@H](CO)NC(=O)C(C)C#N. The highest BCUT2D eigenvalue weighted by molar-refractivity contribution is 5.80. The summed E-state index contributed by atoms with van der Waals surface area (Å²) in [4.78, 5) is 11.1. The minimum atomic E-state index is -0.648. The number of aliphatic hydroxyl groups is 1. The minimum absolute atomic E-state index is 0.0829. The van der Waals surface area contributed by atoms with E-state index in [9.17, 15) is 4.79 Å². The quantitative estimate of drug-likeness (QED) is 0.625.